The van der Waals surface area contributed by atoms with Gasteiger partial charge < -0.3 is 14.4 Å². The number of ether oxygens (including phenoxy) is 2. The summed E-state index contributed by atoms with van der Waals surface area (Å²) >= 11 is 7.48. The molecule has 54 heavy (non-hydrogen) atoms. The van der Waals surface area contributed by atoms with E-state index in [-0.39, 0.29) is 24.3 Å². The Labute approximate surface area is 329 Å². The molecule has 1 aromatic heterocycles. The third-order valence-corrected chi connectivity index (χ3v) is 10.9. The molecule has 2 atom stereocenters. The quantitative estimate of drug-likeness (QED) is 0.160. The summed E-state index contributed by atoms with van der Waals surface area (Å²) in [6.45, 7) is 12.8. The van der Waals surface area contributed by atoms with Crippen LogP contribution < -0.4 is 0 Å². The Bertz CT molecular complexity index is 2070. The normalized spacial score (nSPS) is 17.2. The minimum atomic E-state index is -0.494. The lowest BCUT2D eigenvalue weighted by Gasteiger charge is -2.29. The van der Waals surface area contributed by atoms with Crippen molar-refractivity contribution in [2.45, 2.75) is 96.9 Å². The van der Waals surface area contributed by atoms with E-state index in [0.717, 1.165) is 63.4 Å². The SMILES string of the molecule is CC(C)(C)OC(=O)N1CCC[C@H]1C(=S)Cc1ccccc1-c1ccccc1.CC(C)(C)OC(=O)N1CCC[C@H]1c1nc2c(-c3ccccc3)cccc2s1. The van der Waals surface area contributed by atoms with Gasteiger partial charge in [0.05, 0.1) is 22.3 Å². The first-order valence-electron chi connectivity index (χ1n) is 18.9. The standard InChI is InChI=1S/C23H27NO2S.C22H24N2O2S/c1-23(2,3)26-22(25)24-15-9-14-20(24)21(27)16-18-12-7-8-13-19(18)17-10-5-4-6-11-17;1-22(2,3)26-21(25)24-14-8-12-17(24)20-23-19-16(11-7-13-18(19)27-20)15-9-5-4-6-10-15/h4-8,10-13,20H,9,14-16H2,1-3H3;4-7,9-11,13,17H,8,12,14H2,1-3H3/t20-;17-/m00/s1. The van der Waals surface area contributed by atoms with Gasteiger partial charge in [0.15, 0.2) is 0 Å². The third-order valence-electron chi connectivity index (χ3n) is 9.41. The molecule has 0 unspecified atom stereocenters. The lowest BCUT2D eigenvalue weighted by atomic mass is 9.94. The molecule has 7 nitrogen and oxygen atoms in total. The molecule has 2 amide bonds. The Balaban J connectivity index is 0.000000184. The highest BCUT2D eigenvalue weighted by atomic mass is 32.1. The molecular formula is C45H51N3O4S2. The second kappa shape index (κ2) is 16.8. The predicted molar refractivity (Wildman–Crippen MR) is 224 cm³/mol. The Kier molecular flexibility index (Phi) is 12.2. The number of hydrogen-bond acceptors (Lipinski definition) is 7. The molecule has 0 bridgehead atoms. The van der Waals surface area contributed by atoms with Crippen LogP contribution in [0.1, 0.15) is 83.8 Å². The van der Waals surface area contributed by atoms with E-state index in [4.69, 9.17) is 26.7 Å². The van der Waals surface area contributed by atoms with Crippen molar-refractivity contribution in [2.75, 3.05) is 13.1 Å². The van der Waals surface area contributed by atoms with E-state index >= 15 is 0 Å². The van der Waals surface area contributed by atoms with E-state index in [0.29, 0.717) is 13.0 Å². The number of para-hydroxylation sites is 1. The second-order valence-electron chi connectivity index (χ2n) is 15.9. The minimum Gasteiger partial charge on any atom is -0.444 e. The maximum absolute atomic E-state index is 12.6. The van der Waals surface area contributed by atoms with Crippen molar-refractivity contribution in [3.05, 3.63) is 114 Å². The van der Waals surface area contributed by atoms with Crippen LogP contribution in [0, 0.1) is 0 Å². The lowest BCUT2D eigenvalue weighted by Crippen LogP contribution is -2.43. The Morgan fingerprint density at radius 3 is 1.89 bits per heavy atom. The Morgan fingerprint density at radius 2 is 1.24 bits per heavy atom. The van der Waals surface area contributed by atoms with E-state index in [2.05, 4.69) is 60.7 Å². The molecule has 2 saturated heterocycles. The molecule has 2 aliphatic rings. The van der Waals surface area contributed by atoms with Crippen LogP contribution in [0.3, 0.4) is 0 Å². The number of aromatic nitrogens is 1. The molecular weight excluding hydrogens is 711 g/mol. The predicted octanol–water partition coefficient (Wildman–Crippen LogP) is 11.7. The second-order valence-corrected chi connectivity index (χ2v) is 17.5. The van der Waals surface area contributed by atoms with Crippen LogP contribution >= 0.6 is 23.6 Å². The molecule has 4 aromatic carbocycles. The van der Waals surface area contributed by atoms with Gasteiger partial charge in [0, 0.05) is 29.9 Å². The van der Waals surface area contributed by atoms with Crippen LogP contribution in [0.5, 0.6) is 0 Å². The maximum atomic E-state index is 12.6. The Morgan fingerprint density at radius 1 is 0.704 bits per heavy atom. The first-order chi connectivity index (χ1) is 25.8. The molecule has 282 valence electrons. The molecule has 3 heterocycles. The number of rotatable bonds is 6. The molecule has 9 heteroatoms. The number of likely N-dealkylation sites (tertiary alicyclic amines) is 2. The highest BCUT2D eigenvalue weighted by Crippen LogP contribution is 2.40. The molecule has 0 radical (unpaired) electrons. The fourth-order valence-electron chi connectivity index (χ4n) is 7.04. The van der Waals surface area contributed by atoms with Crippen LogP contribution in [-0.4, -0.2) is 62.2 Å². The summed E-state index contributed by atoms with van der Waals surface area (Å²) in [5, 5.41) is 0.997. The van der Waals surface area contributed by atoms with Crippen LogP contribution in [-0.2, 0) is 15.9 Å². The van der Waals surface area contributed by atoms with Crippen molar-refractivity contribution in [3.63, 3.8) is 0 Å². The van der Waals surface area contributed by atoms with Crippen LogP contribution in [0.25, 0.3) is 32.5 Å². The lowest BCUT2D eigenvalue weighted by molar-refractivity contribution is 0.0222. The average molecular weight is 762 g/mol. The highest BCUT2D eigenvalue weighted by molar-refractivity contribution is 7.80. The van der Waals surface area contributed by atoms with Crippen LogP contribution in [0.2, 0.25) is 0 Å². The van der Waals surface area contributed by atoms with Crippen LogP contribution in [0.4, 0.5) is 9.59 Å². The zero-order valence-electron chi connectivity index (χ0n) is 32.2. The smallest absolute Gasteiger partial charge is 0.410 e. The van der Waals surface area contributed by atoms with Crippen LogP contribution in [0.15, 0.2) is 103 Å². The first kappa shape index (κ1) is 39.1. The summed E-state index contributed by atoms with van der Waals surface area (Å²) in [6, 6.07) is 35.3. The number of carbonyl (C=O) groups excluding carboxylic acids is 2. The highest BCUT2D eigenvalue weighted by Gasteiger charge is 2.36. The zero-order valence-corrected chi connectivity index (χ0v) is 33.8. The van der Waals surface area contributed by atoms with Gasteiger partial charge in [0.1, 0.15) is 16.2 Å². The van der Waals surface area contributed by atoms with Gasteiger partial charge in [-0.2, -0.15) is 0 Å². The van der Waals surface area contributed by atoms with E-state index in [1.165, 1.54) is 16.7 Å². The van der Waals surface area contributed by atoms with Gasteiger partial charge in [-0.3, -0.25) is 4.90 Å². The number of hydrogen-bond donors (Lipinski definition) is 0. The van der Waals surface area contributed by atoms with Crippen molar-refractivity contribution in [1.82, 2.24) is 14.8 Å². The van der Waals surface area contributed by atoms with Crippen molar-refractivity contribution >= 4 is 50.8 Å². The molecule has 5 aromatic rings. The van der Waals surface area contributed by atoms with Gasteiger partial charge >= 0.3 is 12.2 Å². The topological polar surface area (TPSA) is 72.0 Å². The van der Waals surface area contributed by atoms with Crippen molar-refractivity contribution in [1.29, 1.82) is 0 Å². The zero-order chi connectivity index (χ0) is 38.5. The summed E-state index contributed by atoms with van der Waals surface area (Å²) in [7, 11) is 0. The summed E-state index contributed by atoms with van der Waals surface area (Å²) in [6.07, 6.45) is 3.96. The van der Waals surface area contributed by atoms with E-state index < -0.39 is 11.2 Å². The molecule has 7 rings (SSSR count). The number of benzene rings is 4. The number of carbonyl (C=O) groups is 2. The van der Waals surface area contributed by atoms with Crippen molar-refractivity contribution in [2.24, 2.45) is 0 Å². The fourth-order valence-corrected chi connectivity index (χ4v) is 8.58. The molecule has 0 aliphatic carbocycles. The molecule has 2 fully saturated rings. The number of amides is 2. The van der Waals surface area contributed by atoms with Gasteiger partial charge in [-0.15, -0.1) is 11.3 Å². The minimum absolute atomic E-state index is 0.000809. The Hall–Kier alpha value is -4.60. The number of nitrogens with zero attached hydrogens (tertiary/aromatic N) is 3. The van der Waals surface area contributed by atoms with Gasteiger partial charge in [-0.1, -0.05) is 109 Å². The first-order valence-corrected chi connectivity index (χ1v) is 20.1. The van der Waals surface area contributed by atoms with E-state index in [9.17, 15) is 9.59 Å². The number of fused-ring (bicyclic) bond motifs is 1. The summed E-state index contributed by atoms with van der Waals surface area (Å²) in [4.78, 5) is 34.7. The van der Waals surface area contributed by atoms with Gasteiger partial charge in [-0.25, -0.2) is 14.6 Å². The van der Waals surface area contributed by atoms with Gasteiger partial charge in [0.25, 0.3) is 0 Å². The molecule has 0 N–H and O–H groups in total. The summed E-state index contributed by atoms with van der Waals surface area (Å²) < 4.78 is 12.3. The fraction of sp³-hybridized carbons (Fsp3) is 0.378. The maximum Gasteiger partial charge on any atom is 0.410 e. The van der Waals surface area contributed by atoms with Crippen molar-refractivity contribution < 1.29 is 19.1 Å². The molecule has 0 saturated carbocycles. The monoisotopic (exact) mass is 761 g/mol. The average Bonchev–Trinajstić information content (AvgIpc) is 3.91. The number of thiocarbonyl (C=S) groups is 1. The summed E-state index contributed by atoms with van der Waals surface area (Å²) in [5.41, 5.74) is 5.91. The number of thiazole rings is 1. The largest absolute Gasteiger partial charge is 0.444 e. The van der Waals surface area contributed by atoms with Gasteiger partial charge in [0.2, 0.25) is 0 Å². The third kappa shape index (κ3) is 9.73. The summed E-state index contributed by atoms with van der Waals surface area (Å²) in [5.74, 6) is 0. The van der Waals surface area contributed by atoms with Gasteiger partial charge in [-0.05, 0) is 95.5 Å². The molecule has 0 spiro atoms. The molecule has 2 aliphatic heterocycles. The van der Waals surface area contributed by atoms with E-state index in [1.54, 1.807) is 16.2 Å². The van der Waals surface area contributed by atoms with Crippen molar-refractivity contribution in [3.8, 4) is 22.3 Å². The van der Waals surface area contributed by atoms with E-state index in [1.807, 2.05) is 88.9 Å².